The maximum absolute atomic E-state index is 12.4. The highest BCUT2D eigenvalue weighted by Gasteiger charge is 2.15. The number of unbranched alkanes of at least 4 members (excludes halogenated alkanes) is 2. The Hall–Kier alpha value is -3.84. The van der Waals surface area contributed by atoms with E-state index in [-0.39, 0.29) is 17.0 Å². The van der Waals surface area contributed by atoms with Gasteiger partial charge in [-0.25, -0.2) is 9.78 Å². The summed E-state index contributed by atoms with van der Waals surface area (Å²) in [6.07, 6.45) is 6.50. The maximum Gasteiger partial charge on any atom is 0.336 e. The van der Waals surface area contributed by atoms with Crippen molar-refractivity contribution < 1.29 is 19.4 Å². The third-order valence-electron chi connectivity index (χ3n) is 5.88. The molecule has 8 heteroatoms. The molecule has 2 heterocycles. The Balaban J connectivity index is 1.37. The van der Waals surface area contributed by atoms with E-state index in [1.807, 2.05) is 30.3 Å². The van der Waals surface area contributed by atoms with Crippen molar-refractivity contribution in [2.24, 2.45) is 0 Å². The largest absolute Gasteiger partial charge is 0.497 e. The number of methoxy groups -OCH3 is 1. The third kappa shape index (κ3) is 5.63. The molecule has 0 saturated carbocycles. The Morgan fingerprint density at radius 3 is 2.63 bits per heavy atom. The van der Waals surface area contributed by atoms with Crippen molar-refractivity contribution in [3.63, 3.8) is 0 Å². The number of pyridine rings is 1. The summed E-state index contributed by atoms with van der Waals surface area (Å²) in [5, 5.41) is 13.5. The van der Waals surface area contributed by atoms with Crippen LogP contribution in [0.2, 0.25) is 5.15 Å². The molecule has 0 aliphatic heterocycles. The van der Waals surface area contributed by atoms with Crippen LogP contribution in [0, 0.1) is 0 Å². The number of nitrogens with one attached hydrogen (secondary N) is 1. The number of amides is 1. The second kappa shape index (κ2) is 11.1. The number of hydrogen-bond acceptors (Lipinski definition) is 4. The number of benzene rings is 2. The monoisotopic (exact) mass is 491 g/mol. The van der Waals surface area contributed by atoms with E-state index in [2.05, 4.69) is 21.1 Å². The van der Waals surface area contributed by atoms with E-state index in [4.69, 9.17) is 16.3 Å². The van der Waals surface area contributed by atoms with Gasteiger partial charge in [-0.15, -0.1) is 0 Å². The fourth-order valence-corrected chi connectivity index (χ4v) is 4.27. The van der Waals surface area contributed by atoms with E-state index in [0.717, 1.165) is 53.6 Å². The van der Waals surface area contributed by atoms with Gasteiger partial charge < -0.3 is 19.7 Å². The van der Waals surface area contributed by atoms with E-state index in [0.29, 0.717) is 11.7 Å². The van der Waals surface area contributed by atoms with E-state index in [1.165, 1.54) is 12.1 Å². The lowest BCUT2D eigenvalue weighted by molar-refractivity contribution is 0.0691. The number of halogens is 1. The topological polar surface area (TPSA) is 93.5 Å². The molecule has 4 aromatic rings. The molecular formula is C27H26ClN3O4. The summed E-state index contributed by atoms with van der Waals surface area (Å²) in [6.45, 7) is 1.26. The molecule has 0 fully saturated rings. The van der Waals surface area contributed by atoms with Crippen LogP contribution in [-0.4, -0.2) is 40.2 Å². The van der Waals surface area contributed by atoms with Crippen LogP contribution in [0.4, 0.5) is 0 Å². The van der Waals surface area contributed by atoms with Gasteiger partial charge in [-0.1, -0.05) is 35.9 Å². The Morgan fingerprint density at radius 2 is 1.86 bits per heavy atom. The van der Waals surface area contributed by atoms with Gasteiger partial charge in [-0.2, -0.15) is 0 Å². The van der Waals surface area contributed by atoms with Gasteiger partial charge in [-0.05, 0) is 55.2 Å². The lowest BCUT2D eigenvalue weighted by Gasteiger charge is -2.08. The zero-order valence-electron chi connectivity index (χ0n) is 19.3. The number of hydrogen-bond donors (Lipinski definition) is 2. The Bertz CT molecular complexity index is 1370. The highest BCUT2D eigenvalue weighted by molar-refractivity contribution is 6.30. The van der Waals surface area contributed by atoms with Gasteiger partial charge in [0.15, 0.2) is 0 Å². The molecule has 0 aliphatic rings. The van der Waals surface area contributed by atoms with E-state index in [9.17, 15) is 14.7 Å². The molecule has 1 amide bonds. The van der Waals surface area contributed by atoms with Crippen LogP contribution < -0.4 is 10.1 Å². The van der Waals surface area contributed by atoms with Gasteiger partial charge in [0.1, 0.15) is 10.9 Å². The number of aryl methyl sites for hydroxylation is 1. The van der Waals surface area contributed by atoms with Crippen LogP contribution in [0.1, 0.15) is 40.0 Å². The summed E-state index contributed by atoms with van der Waals surface area (Å²) >= 11 is 6.19. The standard InChI is InChI=1S/C27H26ClN3O4/c1-35-19-9-7-8-18(14-19)23-17-31(24-15-25(28)30-16-22(23)24)13-6-2-5-12-29-26(32)20-10-3-4-11-21(20)27(33)34/h3-4,7-11,14-17H,2,5-6,12-13H2,1H3,(H,29,32)(H,33,34). The number of rotatable bonds is 10. The fourth-order valence-electron chi connectivity index (χ4n) is 4.11. The van der Waals surface area contributed by atoms with Gasteiger partial charge in [0.25, 0.3) is 5.91 Å². The van der Waals surface area contributed by atoms with E-state index < -0.39 is 5.97 Å². The van der Waals surface area contributed by atoms with Gasteiger partial charge in [0.2, 0.25) is 0 Å². The zero-order chi connectivity index (χ0) is 24.8. The molecule has 0 radical (unpaired) electrons. The number of aromatic nitrogens is 2. The fraction of sp³-hybridized carbons (Fsp3) is 0.222. The number of aromatic carboxylic acids is 1. The summed E-state index contributed by atoms with van der Waals surface area (Å²) in [5.74, 6) is -0.693. The molecule has 4 rings (SSSR count). The van der Waals surface area contributed by atoms with Crippen LogP contribution >= 0.6 is 11.6 Å². The Labute approximate surface area is 208 Å². The first kappa shape index (κ1) is 24.3. The number of carbonyl (C=O) groups is 2. The summed E-state index contributed by atoms with van der Waals surface area (Å²) in [5.41, 5.74) is 3.30. The first-order valence-electron chi connectivity index (χ1n) is 11.4. The van der Waals surface area contributed by atoms with Crippen molar-refractivity contribution in [2.75, 3.05) is 13.7 Å². The SMILES string of the molecule is COc1cccc(-c2cn(CCCCCNC(=O)c3ccccc3C(=O)O)c3cc(Cl)ncc23)c1. The smallest absolute Gasteiger partial charge is 0.336 e. The van der Waals surface area contributed by atoms with E-state index in [1.54, 1.807) is 25.4 Å². The molecule has 0 atom stereocenters. The van der Waals surface area contributed by atoms with Crippen molar-refractivity contribution in [3.8, 4) is 16.9 Å². The first-order chi connectivity index (χ1) is 17.0. The number of carboxylic acid groups (broad SMARTS) is 1. The second-order valence-corrected chi connectivity index (χ2v) is 8.55. The highest BCUT2D eigenvalue weighted by Crippen LogP contribution is 2.33. The second-order valence-electron chi connectivity index (χ2n) is 8.16. The van der Waals surface area contributed by atoms with Crippen molar-refractivity contribution in [3.05, 3.63) is 83.3 Å². The minimum atomic E-state index is -1.11. The number of carboxylic acids is 1. The van der Waals surface area contributed by atoms with Crippen LogP contribution in [-0.2, 0) is 6.54 Å². The molecule has 2 aromatic heterocycles. The quantitative estimate of drug-likeness (QED) is 0.220. The first-order valence-corrected chi connectivity index (χ1v) is 11.7. The van der Waals surface area contributed by atoms with Crippen molar-refractivity contribution in [1.82, 2.24) is 14.9 Å². The summed E-state index contributed by atoms with van der Waals surface area (Å²) in [6, 6.07) is 16.0. The molecule has 0 bridgehead atoms. The van der Waals surface area contributed by atoms with Crippen molar-refractivity contribution >= 4 is 34.4 Å². The molecule has 35 heavy (non-hydrogen) atoms. The third-order valence-corrected chi connectivity index (χ3v) is 6.08. The molecule has 0 saturated heterocycles. The van der Waals surface area contributed by atoms with E-state index >= 15 is 0 Å². The predicted octanol–water partition coefficient (Wildman–Crippen LogP) is 5.66. The van der Waals surface area contributed by atoms with Crippen LogP contribution in [0.15, 0.2) is 67.0 Å². The minimum absolute atomic E-state index is 0.00415. The van der Waals surface area contributed by atoms with Gasteiger partial charge in [0.05, 0.1) is 23.8 Å². The molecule has 7 nitrogen and oxygen atoms in total. The minimum Gasteiger partial charge on any atom is -0.497 e. The predicted molar refractivity (Wildman–Crippen MR) is 136 cm³/mol. The molecule has 2 N–H and O–H groups in total. The molecule has 0 unspecified atom stereocenters. The average Bonchev–Trinajstić information content (AvgIpc) is 3.23. The highest BCUT2D eigenvalue weighted by atomic mass is 35.5. The number of nitrogens with zero attached hydrogens (tertiary/aromatic N) is 2. The number of carbonyl (C=O) groups excluding carboxylic acids is 1. The molecule has 0 aliphatic carbocycles. The summed E-state index contributed by atoms with van der Waals surface area (Å²) in [7, 11) is 1.65. The summed E-state index contributed by atoms with van der Waals surface area (Å²) in [4.78, 5) is 28.0. The van der Waals surface area contributed by atoms with Crippen LogP contribution in [0.3, 0.4) is 0 Å². The summed E-state index contributed by atoms with van der Waals surface area (Å²) < 4.78 is 7.56. The zero-order valence-corrected chi connectivity index (χ0v) is 20.1. The normalized spacial score (nSPS) is 10.9. The average molecular weight is 492 g/mol. The molecular weight excluding hydrogens is 466 g/mol. The van der Waals surface area contributed by atoms with Crippen molar-refractivity contribution in [1.29, 1.82) is 0 Å². The van der Waals surface area contributed by atoms with Crippen LogP contribution in [0.25, 0.3) is 22.0 Å². The lowest BCUT2D eigenvalue weighted by Crippen LogP contribution is -2.26. The van der Waals surface area contributed by atoms with Crippen molar-refractivity contribution in [2.45, 2.75) is 25.8 Å². The van der Waals surface area contributed by atoms with Gasteiger partial charge >= 0.3 is 5.97 Å². The number of ether oxygens (including phenoxy) is 1. The van der Waals surface area contributed by atoms with Gasteiger partial charge in [0, 0.05) is 36.4 Å². The Kier molecular flexibility index (Phi) is 7.67. The lowest BCUT2D eigenvalue weighted by atomic mass is 10.1. The molecule has 180 valence electrons. The number of fused-ring (bicyclic) bond motifs is 1. The van der Waals surface area contributed by atoms with Crippen LogP contribution in [0.5, 0.6) is 5.75 Å². The molecule has 0 spiro atoms. The Morgan fingerprint density at radius 1 is 1.06 bits per heavy atom. The molecule has 2 aromatic carbocycles. The van der Waals surface area contributed by atoms with Gasteiger partial charge in [-0.3, -0.25) is 4.79 Å². The maximum atomic E-state index is 12.4.